The van der Waals surface area contributed by atoms with Crippen LogP contribution < -0.4 is 5.32 Å². The predicted octanol–water partition coefficient (Wildman–Crippen LogP) is 24.8. The fourth-order valence-electron chi connectivity index (χ4n) is 11.8. The molecule has 0 fully saturated rings. The van der Waals surface area contributed by atoms with Gasteiger partial charge in [-0.3, -0.25) is 9.59 Å². The number of esters is 1. The van der Waals surface area contributed by atoms with Gasteiger partial charge < -0.3 is 20.3 Å². The van der Waals surface area contributed by atoms with Crippen LogP contribution in [-0.4, -0.2) is 47.4 Å². The highest BCUT2D eigenvalue weighted by atomic mass is 16.5. The van der Waals surface area contributed by atoms with Crippen LogP contribution >= 0.6 is 0 Å². The SMILES string of the molecule is CCCCC/C=C\C/C=C\CCCCCCCCCC(=O)OCCCCCCCCCCCCCC/C=C\CCCCCCCCCCCCCC(=O)NC(CO)C(O)/C=C/CCCCCCCCCCCCCCCCCCCCCCC. The van der Waals surface area contributed by atoms with Crippen LogP contribution in [0.4, 0.5) is 0 Å². The Labute approximate surface area is 525 Å². The summed E-state index contributed by atoms with van der Waals surface area (Å²) in [5.74, 6) is -0.0575. The summed E-state index contributed by atoms with van der Waals surface area (Å²) < 4.78 is 5.50. The molecule has 0 heterocycles. The molecule has 0 bridgehead atoms. The van der Waals surface area contributed by atoms with Crippen molar-refractivity contribution in [3.8, 4) is 0 Å². The second-order valence-corrected chi connectivity index (χ2v) is 26.0. The lowest BCUT2D eigenvalue weighted by molar-refractivity contribution is -0.143. The zero-order chi connectivity index (χ0) is 60.6. The maximum absolute atomic E-state index is 12.5. The molecule has 2 unspecified atom stereocenters. The number of nitrogens with one attached hydrogen (secondary N) is 1. The van der Waals surface area contributed by atoms with E-state index in [1.54, 1.807) is 6.08 Å². The van der Waals surface area contributed by atoms with Gasteiger partial charge in [-0.15, -0.1) is 0 Å². The lowest BCUT2D eigenvalue weighted by Gasteiger charge is -2.20. The summed E-state index contributed by atoms with van der Waals surface area (Å²) in [7, 11) is 0. The van der Waals surface area contributed by atoms with Crippen LogP contribution in [0.15, 0.2) is 48.6 Å². The first-order valence-electron chi connectivity index (χ1n) is 37.9. The van der Waals surface area contributed by atoms with Crippen LogP contribution in [0.5, 0.6) is 0 Å². The normalized spacial score (nSPS) is 12.8. The van der Waals surface area contributed by atoms with Crippen molar-refractivity contribution in [2.24, 2.45) is 0 Å². The van der Waals surface area contributed by atoms with E-state index in [2.05, 4.69) is 55.6 Å². The van der Waals surface area contributed by atoms with Gasteiger partial charge in [0.05, 0.1) is 25.4 Å². The zero-order valence-corrected chi connectivity index (χ0v) is 56.6. The second kappa shape index (κ2) is 73.3. The number of carbonyl (C=O) groups excluding carboxylic acids is 2. The van der Waals surface area contributed by atoms with E-state index in [1.165, 1.54) is 334 Å². The zero-order valence-electron chi connectivity index (χ0n) is 56.6. The highest BCUT2D eigenvalue weighted by Gasteiger charge is 2.18. The van der Waals surface area contributed by atoms with Crippen molar-refractivity contribution in [2.75, 3.05) is 13.2 Å². The number of hydrogen-bond donors (Lipinski definition) is 3. The number of rotatable bonds is 71. The Balaban J connectivity index is 3.41. The Kier molecular flexibility index (Phi) is 71.4. The molecule has 3 N–H and O–H groups in total. The van der Waals surface area contributed by atoms with Gasteiger partial charge in [-0.1, -0.05) is 358 Å². The summed E-state index contributed by atoms with van der Waals surface area (Å²) in [5.41, 5.74) is 0. The number of unbranched alkanes of at least 4 members (excludes halogenated alkanes) is 54. The monoisotopic (exact) mass is 1180 g/mol. The molecular weight excluding hydrogens is 1030 g/mol. The van der Waals surface area contributed by atoms with E-state index in [4.69, 9.17) is 4.74 Å². The lowest BCUT2D eigenvalue weighted by atomic mass is 10.0. The van der Waals surface area contributed by atoms with Crippen LogP contribution in [0.25, 0.3) is 0 Å². The molecule has 0 aromatic rings. The highest BCUT2D eigenvalue weighted by molar-refractivity contribution is 5.76. The van der Waals surface area contributed by atoms with E-state index in [0.717, 1.165) is 51.4 Å². The van der Waals surface area contributed by atoms with Crippen molar-refractivity contribution in [2.45, 2.75) is 424 Å². The average molecular weight is 1180 g/mol. The number of ether oxygens (including phenoxy) is 1. The van der Waals surface area contributed by atoms with Gasteiger partial charge in [0.2, 0.25) is 5.91 Å². The van der Waals surface area contributed by atoms with E-state index >= 15 is 0 Å². The minimum Gasteiger partial charge on any atom is -0.466 e. The largest absolute Gasteiger partial charge is 0.466 e. The Morgan fingerprint density at radius 3 is 0.940 bits per heavy atom. The molecule has 0 radical (unpaired) electrons. The van der Waals surface area contributed by atoms with E-state index in [0.29, 0.717) is 19.4 Å². The fourth-order valence-corrected chi connectivity index (χ4v) is 11.8. The van der Waals surface area contributed by atoms with Crippen molar-refractivity contribution in [1.29, 1.82) is 0 Å². The van der Waals surface area contributed by atoms with Gasteiger partial charge in [-0.05, 0) is 89.9 Å². The van der Waals surface area contributed by atoms with Gasteiger partial charge in [0.25, 0.3) is 0 Å². The van der Waals surface area contributed by atoms with Crippen LogP contribution in [-0.2, 0) is 14.3 Å². The molecule has 0 saturated heterocycles. The van der Waals surface area contributed by atoms with E-state index in [1.807, 2.05) is 6.08 Å². The first kappa shape index (κ1) is 81.8. The summed E-state index contributed by atoms with van der Waals surface area (Å²) >= 11 is 0. The topological polar surface area (TPSA) is 95.9 Å². The molecule has 0 aliphatic rings. The Bertz CT molecular complexity index is 1400. The van der Waals surface area contributed by atoms with E-state index in [9.17, 15) is 19.8 Å². The predicted molar refractivity (Wildman–Crippen MR) is 370 cm³/mol. The van der Waals surface area contributed by atoms with Crippen molar-refractivity contribution in [3.05, 3.63) is 48.6 Å². The van der Waals surface area contributed by atoms with Gasteiger partial charge in [0, 0.05) is 12.8 Å². The van der Waals surface area contributed by atoms with Crippen molar-refractivity contribution in [1.82, 2.24) is 5.32 Å². The smallest absolute Gasteiger partial charge is 0.305 e. The maximum Gasteiger partial charge on any atom is 0.305 e. The summed E-state index contributed by atoms with van der Waals surface area (Å²) in [6.45, 7) is 4.91. The average Bonchev–Trinajstić information content (AvgIpc) is 3.52. The van der Waals surface area contributed by atoms with Crippen LogP contribution in [0.2, 0.25) is 0 Å². The quantitative estimate of drug-likeness (QED) is 0.0320. The molecule has 0 aliphatic heterocycles. The highest BCUT2D eigenvalue weighted by Crippen LogP contribution is 2.19. The molecule has 1 amide bonds. The summed E-state index contributed by atoms with van der Waals surface area (Å²) in [5, 5.41) is 23.3. The number of amides is 1. The second-order valence-electron chi connectivity index (χ2n) is 26.0. The fraction of sp³-hybridized carbons (Fsp3) is 0.872. The molecule has 0 aromatic heterocycles. The summed E-state index contributed by atoms with van der Waals surface area (Å²) in [6, 6.07) is -0.631. The molecule has 6 heteroatoms. The van der Waals surface area contributed by atoms with Gasteiger partial charge in [-0.2, -0.15) is 0 Å². The summed E-state index contributed by atoms with van der Waals surface area (Å²) in [4.78, 5) is 24.6. The molecule has 0 spiro atoms. The maximum atomic E-state index is 12.5. The molecule has 0 aliphatic carbocycles. The third-order valence-corrected chi connectivity index (χ3v) is 17.6. The summed E-state index contributed by atoms with van der Waals surface area (Å²) in [6.07, 6.45) is 96.3. The first-order valence-corrected chi connectivity index (χ1v) is 37.9. The Morgan fingerprint density at radius 2 is 0.595 bits per heavy atom. The number of carbonyl (C=O) groups is 2. The first-order chi connectivity index (χ1) is 41.5. The van der Waals surface area contributed by atoms with Crippen LogP contribution in [0, 0.1) is 0 Å². The molecule has 84 heavy (non-hydrogen) atoms. The van der Waals surface area contributed by atoms with E-state index < -0.39 is 12.1 Å². The molecule has 494 valence electrons. The Hall–Kier alpha value is -2.18. The minimum absolute atomic E-state index is 0.00739. The van der Waals surface area contributed by atoms with Crippen molar-refractivity contribution in [3.63, 3.8) is 0 Å². The molecule has 2 atom stereocenters. The third kappa shape index (κ3) is 68.9. The molecular formula is C78H147NO5. The van der Waals surface area contributed by atoms with Crippen LogP contribution in [0.3, 0.4) is 0 Å². The minimum atomic E-state index is -0.847. The van der Waals surface area contributed by atoms with Gasteiger partial charge in [-0.25, -0.2) is 0 Å². The van der Waals surface area contributed by atoms with Crippen molar-refractivity contribution >= 4 is 11.9 Å². The number of aliphatic hydroxyl groups excluding tert-OH is 2. The molecule has 0 saturated carbocycles. The van der Waals surface area contributed by atoms with Gasteiger partial charge >= 0.3 is 5.97 Å². The number of aliphatic hydroxyl groups is 2. The molecule has 6 nitrogen and oxygen atoms in total. The number of hydrogen-bond acceptors (Lipinski definition) is 5. The molecule has 0 rings (SSSR count). The van der Waals surface area contributed by atoms with Gasteiger partial charge in [0.1, 0.15) is 0 Å². The molecule has 0 aromatic carbocycles. The van der Waals surface area contributed by atoms with Gasteiger partial charge in [0.15, 0.2) is 0 Å². The van der Waals surface area contributed by atoms with Crippen LogP contribution in [0.1, 0.15) is 412 Å². The lowest BCUT2D eigenvalue weighted by Crippen LogP contribution is -2.45. The van der Waals surface area contributed by atoms with E-state index in [-0.39, 0.29) is 18.5 Å². The third-order valence-electron chi connectivity index (χ3n) is 17.6. The number of allylic oxidation sites excluding steroid dienone is 7. The Morgan fingerprint density at radius 1 is 0.333 bits per heavy atom. The standard InChI is InChI=1S/C78H147NO5/c1-3-5-7-9-11-13-15-17-19-21-22-23-29-32-35-39-42-46-50-54-58-62-66-70-76(81)75(74-80)79-77(82)71-67-63-59-55-51-47-43-40-36-33-30-27-25-24-26-28-31-34-37-41-45-49-53-57-61-65-69-73-84-78(83)72-68-64-60-56-52-48-44-38-20-18-16-14-12-10-8-6-4-2/h12,14,18,20,24-25,66,70,75-76,80-81H,3-11,13,15-17,19,21-23,26-65,67-69,71-74H2,1-2H3,(H,79,82)/b14-12-,20-18-,25-24-,70-66+. The van der Waals surface area contributed by atoms with Crippen molar-refractivity contribution < 1.29 is 24.5 Å².